The molecule has 12 heavy (non-hydrogen) atoms. The first-order chi connectivity index (χ1) is 5.72. The van der Waals surface area contributed by atoms with Gasteiger partial charge in [-0.25, -0.2) is 0 Å². The molecule has 0 radical (unpaired) electrons. The molecular weight excluding hydrogens is 203 g/mol. The zero-order valence-electron chi connectivity index (χ0n) is 7.78. The summed E-state index contributed by atoms with van der Waals surface area (Å²) in [4.78, 5) is 1.45. The second-order valence-corrected chi connectivity index (χ2v) is 7.51. The van der Waals surface area contributed by atoms with Crippen molar-refractivity contribution < 1.29 is 0 Å². The van der Waals surface area contributed by atoms with Crippen LogP contribution in [0.25, 0.3) is 0 Å². The van der Waals surface area contributed by atoms with Crippen LogP contribution < -0.4 is 0 Å². The van der Waals surface area contributed by atoms with E-state index in [-0.39, 0.29) is 7.53 Å². The van der Waals surface area contributed by atoms with Crippen LogP contribution in [-0.4, -0.2) is 5.25 Å². The van der Waals surface area contributed by atoms with E-state index in [2.05, 4.69) is 38.2 Å². The van der Waals surface area contributed by atoms with Crippen LogP contribution in [0.1, 0.15) is 20.3 Å². The smallest absolute Gasteiger partial charge is 0.0225 e. The van der Waals surface area contributed by atoms with Gasteiger partial charge in [-0.3, -0.25) is 0 Å². The molecule has 2 unspecified atom stereocenters. The molecule has 3 heteroatoms. The monoisotopic (exact) mass is 218 g/mol. The average Bonchev–Trinajstić information content (AvgIpc) is 2.47. The Morgan fingerprint density at radius 2 is 2.33 bits per heavy atom. The Morgan fingerprint density at radius 1 is 1.58 bits per heavy atom. The Bertz CT molecular complexity index is 232. The summed E-state index contributed by atoms with van der Waals surface area (Å²) < 4.78 is 0. The summed E-state index contributed by atoms with van der Waals surface area (Å²) in [6, 6.07) is 2.26. The summed E-state index contributed by atoms with van der Waals surface area (Å²) in [6.07, 6.45) is 1.26. The summed E-state index contributed by atoms with van der Waals surface area (Å²) in [5, 5.41) is 0.771. The maximum atomic E-state index is 2.38. The summed E-state index contributed by atoms with van der Waals surface area (Å²) in [6.45, 7) is 6.81. The van der Waals surface area contributed by atoms with Crippen molar-refractivity contribution in [3.05, 3.63) is 17.7 Å². The van der Waals surface area contributed by atoms with Gasteiger partial charge in [-0.15, -0.1) is 7.53 Å². The second-order valence-electron chi connectivity index (χ2n) is 2.91. The third kappa shape index (κ3) is 3.47. The zero-order chi connectivity index (χ0) is 8.97. The van der Waals surface area contributed by atoms with Gasteiger partial charge < -0.3 is 0 Å². The standard InChI is InChI=1S/C9H15PS2/c1-4-8(2)11-12-9-5-6-10(3)7-9/h5-8H,4H2,1-3H3. The van der Waals surface area contributed by atoms with Gasteiger partial charge in [0.15, 0.2) is 0 Å². The highest BCUT2D eigenvalue weighted by Gasteiger charge is 2.01. The van der Waals surface area contributed by atoms with Gasteiger partial charge in [-0.1, -0.05) is 35.4 Å². The number of hydrogen-bond donors (Lipinski definition) is 0. The van der Waals surface area contributed by atoms with Crippen molar-refractivity contribution in [2.45, 2.75) is 30.4 Å². The molecule has 1 aromatic rings. The van der Waals surface area contributed by atoms with E-state index in [1.807, 2.05) is 21.6 Å². The van der Waals surface area contributed by atoms with E-state index in [9.17, 15) is 0 Å². The van der Waals surface area contributed by atoms with Gasteiger partial charge in [0.1, 0.15) is 0 Å². The van der Waals surface area contributed by atoms with Crippen molar-refractivity contribution in [2.24, 2.45) is 6.66 Å². The molecule has 1 aromatic heterocycles. The maximum absolute atomic E-state index is 2.38. The minimum Gasteiger partial charge on any atom is -0.127 e. The molecule has 0 amide bonds. The molecule has 0 nitrogen and oxygen atoms in total. The van der Waals surface area contributed by atoms with Crippen LogP contribution in [0.4, 0.5) is 0 Å². The Hall–Kier alpha value is 0.480. The molecule has 0 aromatic carbocycles. The van der Waals surface area contributed by atoms with Crippen LogP contribution in [-0.2, 0) is 6.66 Å². The van der Waals surface area contributed by atoms with Crippen molar-refractivity contribution in [1.82, 2.24) is 0 Å². The quantitative estimate of drug-likeness (QED) is 0.669. The molecule has 0 spiro atoms. The molecule has 1 heterocycles. The molecule has 2 atom stereocenters. The average molecular weight is 218 g/mol. The highest BCUT2D eigenvalue weighted by Crippen LogP contribution is 2.40. The molecule has 0 N–H and O–H groups in total. The molecule has 0 fully saturated rings. The first kappa shape index (κ1) is 10.6. The lowest BCUT2D eigenvalue weighted by Gasteiger charge is -2.04. The lowest BCUT2D eigenvalue weighted by Crippen LogP contribution is -1.87. The Balaban J connectivity index is 2.33. The molecule has 1 rings (SSSR count). The summed E-state index contributed by atoms with van der Waals surface area (Å²) in [5.41, 5.74) is 0. The van der Waals surface area contributed by atoms with Crippen molar-refractivity contribution in [3.8, 4) is 0 Å². The normalized spacial score (nSPS) is 14.8. The van der Waals surface area contributed by atoms with Gasteiger partial charge in [-0.05, 0) is 30.7 Å². The second kappa shape index (κ2) is 5.26. The topological polar surface area (TPSA) is 0 Å². The predicted molar refractivity (Wildman–Crippen MR) is 63.3 cm³/mol. The van der Waals surface area contributed by atoms with E-state index < -0.39 is 0 Å². The Labute approximate surface area is 84.0 Å². The van der Waals surface area contributed by atoms with Crippen LogP contribution in [0.3, 0.4) is 0 Å². The molecule has 0 bridgehead atoms. The summed E-state index contributed by atoms with van der Waals surface area (Å²) >= 11 is 0. The van der Waals surface area contributed by atoms with Crippen LogP contribution in [0.2, 0.25) is 0 Å². The largest absolute Gasteiger partial charge is 0.127 e. The third-order valence-electron chi connectivity index (χ3n) is 1.69. The highest BCUT2D eigenvalue weighted by molar-refractivity contribution is 8.77. The van der Waals surface area contributed by atoms with Gasteiger partial charge in [-0.2, -0.15) is 0 Å². The van der Waals surface area contributed by atoms with E-state index in [4.69, 9.17) is 0 Å². The molecular formula is C9H15PS2. The van der Waals surface area contributed by atoms with E-state index in [0.717, 1.165) is 5.25 Å². The number of aryl methyl sites for hydroxylation is 1. The Kier molecular flexibility index (Phi) is 4.63. The molecule has 0 saturated heterocycles. The van der Waals surface area contributed by atoms with E-state index in [0.29, 0.717) is 0 Å². The van der Waals surface area contributed by atoms with Crippen LogP contribution in [0, 0.1) is 0 Å². The molecule has 0 aliphatic carbocycles. The SMILES string of the molecule is CCC(C)SSc1ccp(C)c1. The minimum atomic E-state index is 0.0838. The van der Waals surface area contributed by atoms with E-state index in [1.54, 1.807) is 0 Å². The minimum absolute atomic E-state index is 0.0838. The lowest BCUT2D eigenvalue weighted by atomic mass is 10.4. The molecule has 0 aliphatic heterocycles. The molecule has 68 valence electrons. The first-order valence-electron chi connectivity index (χ1n) is 4.17. The fourth-order valence-corrected chi connectivity index (χ4v) is 4.80. The highest BCUT2D eigenvalue weighted by atomic mass is 33.1. The number of rotatable bonds is 4. The van der Waals surface area contributed by atoms with Gasteiger partial charge in [0.2, 0.25) is 0 Å². The predicted octanol–water partition coefficient (Wildman–Crippen LogP) is 4.75. The first-order valence-corrected chi connectivity index (χ1v) is 8.31. The maximum Gasteiger partial charge on any atom is 0.0225 e. The van der Waals surface area contributed by atoms with Gasteiger partial charge in [0.25, 0.3) is 0 Å². The third-order valence-corrected chi connectivity index (χ3v) is 6.22. The zero-order valence-corrected chi connectivity index (χ0v) is 10.3. The van der Waals surface area contributed by atoms with Gasteiger partial charge >= 0.3 is 0 Å². The molecule has 0 saturated carbocycles. The van der Waals surface area contributed by atoms with Gasteiger partial charge in [0, 0.05) is 10.1 Å². The molecule has 0 aliphatic rings. The number of hydrogen-bond acceptors (Lipinski definition) is 2. The van der Waals surface area contributed by atoms with Crippen molar-refractivity contribution >= 4 is 29.1 Å². The van der Waals surface area contributed by atoms with E-state index in [1.165, 1.54) is 11.3 Å². The van der Waals surface area contributed by atoms with Crippen LogP contribution in [0.15, 0.2) is 22.6 Å². The fraction of sp³-hybridized carbons (Fsp3) is 0.556. The fourth-order valence-electron chi connectivity index (χ4n) is 0.733. The summed E-state index contributed by atoms with van der Waals surface area (Å²) in [7, 11) is 3.99. The summed E-state index contributed by atoms with van der Waals surface area (Å²) in [5.74, 6) is 4.70. The van der Waals surface area contributed by atoms with Crippen molar-refractivity contribution in [2.75, 3.05) is 0 Å². The van der Waals surface area contributed by atoms with Crippen molar-refractivity contribution in [3.63, 3.8) is 0 Å². The van der Waals surface area contributed by atoms with Crippen LogP contribution >= 0.6 is 29.1 Å². The Morgan fingerprint density at radius 3 is 2.83 bits per heavy atom. The van der Waals surface area contributed by atoms with Gasteiger partial charge in [0.05, 0.1) is 0 Å². The lowest BCUT2D eigenvalue weighted by molar-refractivity contribution is 0.912. The van der Waals surface area contributed by atoms with E-state index >= 15 is 0 Å². The van der Waals surface area contributed by atoms with Crippen LogP contribution in [0.5, 0.6) is 0 Å². The van der Waals surface area contributed by atoms with Crippen molar-refractivity contribution in [1.29, 1.82) is 0 Å².